The highest BCUT2D eigenvalue weighted by Crippen LogP contribution is 2.26. The third kappa shape index (κ3) is 3.70. The lowest BCUT2D eigenvalue weighted by atomic mass is 9.88. The van der Waals surface area contributed by atoms with E-state index in [2.05, 4.69) is 19.2 Å². The standard InChI is InChI=1S/C16H26FNO2/c1-6-16(3,20-5)14(18-7-2)11-12-9-8-10-13(19-4)15(12)17/h8-10,14,18H,6-7,11H2,1-5H3. The molecule has 2 unspecified atom stereocenters. The summed E-state index contributed by atoms with van der Waals surface area (Å²) in [4.78, 5) is 0. The second-order valence-electron chi connectivity index (χ2n) is 5.12. The summed E-state index contributed by atoms with van der Waals surface area (Å²) in [6.07, 6.45) is 1.42. The molecular formula is C16H26FNO2. The molecule has 1 N–H and O–H groups in total. The van der Waals surface area contributed by atoms with Crippen LogP contribution in [-0.2, 0) is 11.2 Å². The number of likely N-dealkylation sites (N-methyl/N-ethyl adjacent to an activating group) is 1. The second kappa shape index (κ2) is 7.60. The van der Waals surface area contributed by atoms with Gasteiger partial charge in [0.1, 0.15) is 0 Å². The van der Waals surface area contributed by atoms with Gasteiger partial charge in [-0.2, -0.15) is 0 Å². The fourth-order valence-corrected chi connectivity index (χ4v) is 2.37. The van der Waals surface area contributed by atoms with Crippen LogP contribution in [0.3, 0.4) is 0 Å². The van der Waals surface area contributed by atoms with Crippen molar-refractivity contribution in [2.75, 3.05) is 20.8 Å². The molecule has 0 radical (unpaired) electrons. The van der Waals surface area contributed by atoms with Gasteiger partial charge in [0.2, 0.25) is 0 Å². The molecular weight excluding hydrogens is 257 g/mol. The molecule has 0 spiro atoms. The van der Waals surface area contributed by atoms with Gasteiger partial charge in [0, 0.05) is 13.2 Å². The highest BCUT2D eigenvalue weighted by atomic mass is 19.1. The normalized spacial score (nSPS) is 15.7. The lowest BCUT2D eigenvalue weighted by Gasteiger charge is -2.36. The van der Waals surface area contributed by atoms with E-state index in [1.807, 2.05) is 13.0 Å². The van der Waals surface area contributed by atoms with E-state index in [-0.39, 0.29) is 23.2 Å². The highest BCUT2D eigenvalue weighted by molar-refractivity contribution is 5.31. The quantitative estimate of drug-likeness (QED) is 0.795. The summed E-state index contributed by atoms with van der Waals surface area (Å²) in [5, 5.41) is 3.41. The van der Waals surface area contributed by atoms with Crippen LogP contribution in [0.1, 0.15) is 32.8 Å². The van der Waals surface area contributed by atoms with Gasteiger partial charge < -0.3 is 14.8 Å². The number of benzene rings is 1. The van der Waals surface area contributed by atoms with Crippen LogP contribution >= 0.6 is 0 Å². The minimum Gasteiger partial charge on any atom is -0.494 e. The lowest BCUT2D eigenvalue weighted by Crippen LogP contribution is -2.51. The maximum absolute atomic E-state index is 14.3. The van der Waals surface area contributed by atoms with E-state index in [4.69, 9.17) is 9.47 Å². The predicted octanol–water partition coefficient (Wildman–Crippen LogP) is 3.17. The van der Waals surface area contributed by atoms with Crippen molar-refractivity contribution in [1.82, 2.24) is 5.32 Å². The molecule has 1 rings (SSSR count). The summed E-state index contributed by atoms with van der Waals surface area (Å²) < 4.78 is 25.0. The van der Waals surface area contributed by atoms with Crippen LogP contribution in [0.4, 0.5) is 4.39 Å². The molecule has 0 saturated heterocycles. The summed E-state index contributed by atoms with van der Waals surface area (Å²) in [6.45, 7) is 6.99. The van der Waals surface area contributed by atoms with Gasteiger partial charge in [-0.3, -0.25) is 0 Å². The molecule has 114 valence electrons. The van der Waals surface area contributed by atoms with Crippen molar-refractivity contribution in [2.24, 2.45) is 0 Å². The maximum atomic E-state index is 14.3. The summed E-state index contributed by atoms with van der Waals surface area (Å²) in [6, 6.07) is 5.30. The van der Waals surface area contributed by atoms with E-state index in [1.165, 1.54) is 7.11 Å². The first-order chi connectivity index (χ1) is 9.52. The molecule has 0 fully saturated rings. The number of methoxy groups -OCH3 is 2. The Bertz CT molecular complexity index is 419. The van der Waals surface area contributed by atoms with Gasteiger partial charge in [0.15, 0.2) is 11.6 Å². The summed E-state index contributed by atoms with van der Waals surface area (Å²) in [5.41, 5.74) is 0.318. The summed E-state index contributed by atoms with van der Waals surface area (Å²) in [5.74, 6) is 0.000765. The van der Waals surface area contributed by atoms with Crippen molar-refractivity contribution in [3.63, 3.8) is 0 Å². The fourth-order valence-electron chi connectivity index (χ4n) is 2.37. The number of hydrogen-bond donors (Lipinski definition) is 1. The third-order valence-corrected chi connectivity index (χ3v) is 4.04. The van der Waals surface area contributed by atoms with Crippen molar-refractivity contribution < 1.29 is 13.9 Å². The predicted molar refractivity (Wildman–Crippen MR) is 79.8 cm³/mol. The molecule has 4 heteroatoms. The fraction of sp³-hybridized carbons (Fsp3) is 0.625. The molecule has 20 heavy (non-hydrogen) atoms. The van der Waals surface area contributed by atoms with E-state index in [9.17, 15) is 4.39 Å². The van der Waals surface area contributed by atoms with Gasteiger partial charge in [-0.25, -0.2) is 4.39 Å². The average Bonchev–Trinajstić information content (AvgIpc) is 2.48. The van der Waals surface area contributed by atoms with Crippen LogP contribution in [-0.4, -0.2) is 32.4 Å². The SMILES string of the molecule is CCNC(Cc1cccc(OC)c1F)C(C)(CC)OC. The molecule has 3 nitrogen and oxygen atoms in total. The Balaban J connectivity index is 3.02. The number of rotatable bonds is 8. The highest BCUT2D eigenvalue weighted by Gasteiger charge is 2.32. The van der Waals surface area contributed by atoms with Gasteiger partial charge in [-0.15, -0.1) is 0 Å². The topological polar surface area (TPSA) is 30.5 Å². The molecule has 0 aliphatic rings. The Labute approximate surface area is 121 Å². The van der Waals surface area contributed by atoms with Gasteiger partial charge in [0.05, 0.1) is 12.7 Å². The smallest absolute Gasteiger partial charge is 0.168 e. The van der Waals surface area contributed by atoms with Gasteiger partial charge in [-0.05, 0) is 37.9 Å². The second-order valence-corrected chi connectivity index (χ2v) is 5.12. The molecule has 2 atom stereocenters. The first kappa shape index (κ1) is 16.9. The summed E-state index contributed by atoms with van der Waals surface area (Å²) >= 11 is 0. The van der Waals surface area contributed by atoms with E-state index >= 15 is 0 Å². The van der Waals surface area contributed by atoms with E-state index < -0.39 is 0 Å². The van der Waals surface area contributed by atoms with Crippen LogP contribution in [0.5, 0.6) is 5.75 Å². The number of ether oxygens (including phenoxy) is 2. The van der Waals surface area contributed by atoms with Gasteiger partial charge in [0.25, 0.3) is 0 Å². The third-order valence-electron chi connectivity index (χ3n) is 4.04. The van der Waals surface area contributed by atoms with Crippen molar-refractivity contribution in [3.8, 4) is 5.75 Å². The molecule has 1 aromatic rings. The Morgan fingerprint density at radius 3 is 2.50 bits per heavy atom. The van der Waals surface area contributed by atoms with E-state index in [1.54, 1.807) is 19.2 Å². The number of nitrogens with one attached hydrogen (secondary N) is 1. The lowest BCUT2D eigenvalue weighted by molar-refractivity contribution is -0.0285. The zero-order valence-corrected chi connectivity index (χ0v) is 13.1. The Kier molecular flexibility index (Phi) is 6.43. The zero-order valence-electron chi connectivity index (χ0n) is 13.1. The molecule has 0 aliphatic heterocycles. The van der Waals surface area contributed by atoms with Crippen LogP contribution < -0.4 is 10.1 Å². The molecule has 0 aromatic heterocycles. The van der Waals surface area contributed by atoms with Crippen molar-refractivity contribution in [3.05, 3.63) is 29.6 Å². The average molecular weight is 283 g/mol. The molecule has 0 bridgehead atoms. The molecule has 0 heterocycles. The van der Waals surface area contributed by atoms with Crippen molar-refractivity contribution in [1.29, 1.82) is 0 Å². The van der Waals surface area contributed by atoms with Crippen LogP contribution in [0.25, 0.3) is 0 Å². The monoisotopic (exact) mass is 283 g/mol. The maximum Gasteiger partial charge on any atom is 0.168 e. The molecule has 0 amide bonds. The van der Waals surface area contributed by atoms with Gasteiger partial charge >= 0.3 is 0 Å². The Morgan fingerprint density at radius 1 is 1.30 bits per heavy atom. The molecule has 1 aromatic carbocycles. The summed E-state index contributed by atoms with van der Waals surface area (Å²) in [7, 11) is 3.19. The molecule has 0 saturated carbocycles. The van der Waals surface area contributed by atoms with Gasteiger partial charge in [-0.1, -0.05) is 26.0 Å². The molecule has 0 aliphatic carbocycles. The first-order valence-corrected chi connectivity index (χ1v) is 7.12. The first-order valence-electron chi connectivity index (χ1n) is 7.12. The van der Waals surface area contributed by atoms with Crippen LogP contribution in [0.15, 0.2) is 18.2 Å². The number of hydrogen-bond acceptors (Lipinski definition) is 3. The Morgan fingerprint density at radius 2 is 2.00 bits per heavy atom. The van der Waals surface area contributed by atoms with E-state index in [0.29, 0.717) is 12.0 Å². The minimum absolute atomic E-state index is 0.0455. The van der Waals surface area contributed by atoms with Crippen LogP contribution in [0, 0.1) is 5.82 Å². The largest absolute Gasteiger partial charge is 0.494 e. The minimum atomic E-state index is -0.328. The van der Waals surface area contributed by atoms with Crippen molar-refractivity contribution in [2.45, 2.75) is 45.3 Å². The zero-order chi connectivity index (χ0) is 15.2. The van der Waals surface area contributed by atoms with Crippen molar-refractivity contribution >= 4 is 0 Å². The number of halogens is 1. The van der Waals surface area contributed by atoms with Crippen LogP contribution in [0.2, 0.25) is 0 Å². The van der Waals surface area contributed by atoms with E-state index in [0.717, 1.165) is 13.0 Å². The Hall–Kier alpha value is -1.13.